The van der Waals surface area contributed by atoms with Crippen molar-refractivity contribution in [1.29, 1.82) is 0 Å². The number of hydrogen-bond acceptors (Lipinski definition) is 6. The molecule has 0 radical (unpaired) electrons. The van der Waals surface area contributed by atoms with Crippen LogP contribution in [0.4, 0.5) is 8.78 Å². The van der Waals surface area contributed by atoms with E-state index in [1.165, 1.54) is 5.01 Å². The van der Waals surface area contributed by atoms with Gasteiger partial charge in [0.15, 0.2) is 0 Å². The Hall–Kier alpha value is -2.94. The summed E-state index contributed by atoms with van der Waals surface area (Å²) in [6.45, 7) is 10.5. The average molecular weight is 477 g/mol. The lowest BCUT2D eigenvalue weighted by atomic mass is 10.0. The molecule has 34 heavy (non-hydrogen) atoms. The third kappa shape index (κ3) is 7.28. The molecule has 1 saturated heterocycles. The molecule has 2 heterocycles. The summed E-state index contributed by atoms with van der Waals surface area (Å²) in [5.74, 6) is 3.34. The summed E-state index contributed by atoms with van der Waals surface area (Å²) >= 11 is 0. The van der Waals surface area contributed by atoms with E-state index in [1.54, 1.807) is 48.0 Å². The van der Waals surface area contributed by atoms with Crippen molar-refractivity contribution in [2.45, 2.75) is 65.3 Å². The minimum absolute atomic E-state index is 0.0937. The van der Waals surface area contributed by atoms with E-state index in [1.807, 2.05) is 13.8 Å². The van der Waals surface area contributed by atoms with Gasteiger partial charge >= 0.3 is 0 Å². The Morgan fingerprint density at radius 2 is 2.06 bits per heavy atom. The number of rotatable bonds is 10. The molecule has 0 amide bonds. The van der Waals surface area contributed by atoms with E-state index >= 15 is 0 Å². The third-order valence-electron chi connectivity index (χ3n) is 5.87. The summed E-state index contributed by atoms with van der Waals surface area (Å²) in [6, 6.07) is 0. The van der Waals surface area contributed by atoms with Gasteiger partial charge in [0.1, 0.15) is 5.69 Å². The number of hydrogen-bond donors (Lipinski definition) is 2. The largest absolute Gasteiger partial charge is 0.397 e. The molecule has 2 rings (SSSR count). The molecule has 0 saturated carbocycles. The minimum atomic E-state index is -2.71. The van der Waals surface area contributed by atoms with Gasteiger partial charge in [-0.1, -0.05) is 19.6 Å². The predicted molar refractivity (Wildman–Crippen MR) is 133 cm³/mol. The zero-order valence-corrected chi connectivity index (χ0v) is 20.8. The van der Waals surface area contributed by atoms with Gasteiger partial charge in [0.05, 0.1) is 17.9 Å². The predicted octanol–water partition coefficient (Wildman–Crippen LogP) is 3.70. The van der Waals surface area contributed by atoms with Crippen LogP contribution in [0.1, 0.15) is 52.1 Å². The summed E-state index contributed by atoms with van der Waals surface area (Å²) in [6.07, 6.45) is 8.90. The van der Waals surface area contributed by atoms with Crippen LogP contribution in [0.3, 0.4) is 0 Å². The maximum absolute atomic E-state index is 13.9. The third-order valence-corrected chi connectivity index (χ3v) is 5.87. The highest BCUT2D eigenvalue weighted by atomic mass is 19.3. The standard InChI is InChI=1S/C25H38F2N6O/c1-6-14-32-16-13-30-20(24(32)34)9-11-22(31(5)29)23(28)19(4)8-10-21(18(2)3)33-15-7-12-25(26,27)17-33/h8,10,13,16H,2,6-7,9,11-12,14-15,17,28-29H2,1,3-5H3/b19-8+,21-10+,23-22-. The van der Waals surface area contributed by atoms with Crippen molar-refractivity contribution in [3.8, 4) is 0 Å². The Labute approximate surface area is 201 Å². The number of nitrogens with zero attached hydrogens (tertiary/aromatic N) is 4. The molecule has 1 aromatic heterocycles. The van der Waals surface area contributed by atoms with Crippen LogP contribution in [0.2, 0.25) is 0 Å². The van der Waals surface area contributed by atoms with Gasteiger partial charge in [0, 0.05) is 51.1 Å². The second-order valence-electron chi connectivity index (χ2n) is 8.91. The van der Waals surface area contributed by atoms with Crippen molar-refractivity contribution in [1.82, 2.24) is 19.5 Å². The van der Waals surface area contributed by atoms with Gasteiger partial charge in [0.25, 0.3) is 11.5 Å². The van der Waals surface area contributed by atoms with Crippen LogP contribution in [0, 0.1) is 0 Å². The number of allylic oxidation sites excluding steroid dienone is 5. The van der Waals surface area contributed by atoms with Crippen LogP contribution in [0.5, 0.6) is 0 Å². The molecule has 0 spiro atoms. The molecule has 1 aliphatic heterocycles. The minimum Gasteiger partial charge on any atom is -0.397 e. The Bertz CT molecular complexity index is 1020. The number of alkyl halides is 2. The molecular weight excluding hydrogens is 438 g/mol. The zero-order valence-electron chi connectivity index (χ0n) is 20.8. The van der Waals surface area contributed by atoms with E-state index in [4.69, 9.17) is 11.6 Å². The smallest absolute Gasteiger partial charge is 0.272 e. The van der Waals surface area contributed by atoms with E-state index in [2.05, 4.69) is 11.6 Å². The molecular formula is C25H38F2N6O. The lowest BCUT2D eigenvalue weighted by Gasteiger charge is -2.35. The first kappa shape index (κ1) is 27.3. The molecule has 0 unspecified atom stereocenters. The molecule has 4 N–H and O–H groups in total. The van der Waals surface area contributed by atoms with Gasteiger partial charge in [-0.2, -0.15) is 0 Å². The number of hydrazine groups is 1. The van der Waals surface area contributed by atoms with Crippen LogP contribution < -0.4 is 17.1 Å². The van der Waals surface area contributed by atoms with Gasteiger partial charge in [-0.3, -0.25) is 9.78 Å². The summed E-state index contributed by atoms with van der Waals surface area (Å²) < 4.78 is 29.5. The second kappa shape index (κ2) is 12.0. The van der Waals surface area contributed by atoms with Gasteiger partial charge in [0.2, 0.25) is 0 Å². The Balaban J connectivity index is 2.28. The van der Waals surface area contributed by atoms with Crippen molar-refractivity contribution in [2.75, 3.05) is 20.1 Å². The maximum atomic E-state index is 13.9. The molecule has 0 aromatic carbocycles. The topological polar surface area (TPSA) is 93.4 Å². The maximum Gasteiger partial charge on any atom is 0.272 e. The van der Waals surface area contributed by atoms with E-state index in [0.29, 0.717) is 60.7 Å². The highest BCUT2D eigenvalue weighted by molar-refractivity contribution is 5.37. The monoisotopic (exact) mass is 476 g/mol. The number of aromatic nitrogens is 2. The molecule has 1 aliphatic rings. The first-order valence-corrected chi connectivity index (χ1v) is 11.7. The van der Waals surface area contributed by atoms with E-state index in [-0.39, 0.29) is 18.5 Å². The van der Waals surface area contributed by atoms with Crippen LogP contribution in [0.15, 0.2) is 64.2 Å². The van der Waals surface area contributed by atoms with Crippen molar-refractivity contribution >= 4 is 0 Å². The zero-order chi connectivity index (χ0) is 25.5. The summed E-state index contributed by atoms with van der Waals surface area (Å²) in [5.41, 5.74) is 10.0. The number of halogens is 2. The van der Waals surface area contributed by atoms with Crippen LogP contribution in [0.25, 0.3) is 0 Å². The molecule has 7 nitrogen and oxygen atoms in total. The van der Waals surface area contributed by atoms with E-state index in [0.717, 1.165) is 12.0 Å². The van der Waals surface area contributed by atoms with Crippen molar-refractivity contribution < 1.29 is 8.78 Å². The fraction of sp³-hybridized carbons (Fsp3) is 0.520. The van der Waals surface area contributed by atoms with Crippen LogP contribution in [-0.2, 0) is 13.0 Å². The molecule has 0 bridgehead atoms. The number of nitrogens with two attached hydrogens (primary N) is 2. The molecule has 1 fully saturated rings. The van der Waals surface area contributed by atoms with Crippen LogP contribution in [-0.4, -0.2) is 45.5 Å². The summed E-state index contributed by atoms with van der Waals surface area (Å²) in [7, 11) is 1.69. The van der Waals surface area contributed by atoms with Gasteiger partial charge in [-0.15, -0.1) is 0 Å². The quantitative estimate of drug-likeness (QED) is 0.304. The first-order valence-electron chi connectivity index (χ1n) is 11.7. The fourth-order valence-corrected chi connectivity index (χ4v) is 4.03. The second-order valence-corrected chi connectivity index (χ2v) is 8.91. The number of piperidine rings is 1. The lowest BCUT2D eigenvalue weighted by molar-refractivity contribution is -0.0543. The molecule has 1 aromatic rings. The number of likely N-dealkylation sites (tertiary alicyclic amines) is 1. The lowest BCUT2D eigenvalue weighted by Crippen LogP contribution is -2.42. The molecule has 0 atom stereocenters. The SMILES string of the molecule is C=C(C)\C(=C/C=C(C)/C(N)=C(\CCc1nccn(CCC)c1=O)N(C)N)N1CCCC(F)(F)C1. The van der Waals surface area contributed by atoms with E-state index < -0.39 is 5.92 Å². The van der Waals surface area contributed by atoms with Crippen molar-refractivity contribution in [2.24, 2.45) is 11.6 Å². The Kier molecular flexibility index (Phi) is 9.61. The normalized spacial score (nSPS) is 17.4. The molecule has 0 aliphatic carbocycles. The number of aryl methyl sites for hydroxylation is 2. The molecule has 188 valence electrons. The van der Waals surface area contributed by atoms with Crippen molar-refractivity contribution in [3.63, 3.8) is 0 Å². The highest BCUT2D eigenvalue weighted by Gasteiger charge is 2.35. The Morgan fingerprint density at radius 1 is 1.35 bits per heavy atom. The fourth-order valence-electron chi connectivity index (χ4n) is 4.03. The Morgan fingerprint density at radius 3 is 2.65 bits per heavy atom. The summed E-state index contributed by atoms with van der Waals surface area (Å²) in [5, 5.41) is 1.44. The molecule has 9 heteroatoms. The van der Waals surface area contributed by atoms with Gasteiger partial charge < -0.3 is 20.2 Å². The average Bonchev–Trinajstić information content (AvgIpc) is 2.75. The summed E-state index contributed by atoms with van der Waals surface area (Å²) in [4.78, 5) is 18.5. The van der Waals surface area contributed by atoms with Crippen molar-refractivity contribution in [3.05, 3.63) is 75.4 Å². The van der Waals surface area contributed by atoms with E-state index in [9.17, 15) is 13.6 Å². The van der Waals surface area contributed by atoms with Gasteiger partial charge in [-0.25, -0.2) is 14.6 Å². The highest BCUT2D eigenvalue weighted by Crippen LogP contribution is 2.30. The van der Waals surface area contributed by atoms with Crippen LogP contribution >= 0.6 is 0 Å². The first-order chi connectivity index (χ1) is 16.0. The van der Waals surface area contributed by atoms with Gasteiger partial charge in [-0.05, 0) is 50.3 Å².